The highest BCUT2D eigenvalue weighted by Crippen LogP contribution is 2.32. The van der Waals surface area contributed by atoms with Crippen LogP contribution in [0.2, 0.25) is 10.0 Å². The maximum absolute atomic E-state index is 13.0. The minimum absolute atomic E-state index is 0.00192. The second-order valence-corrected chi connectivity index (χ2v) is 8.33. The van der Waals surface area contributed by atoms with Crippen molar-refractivity contribution in [3.63, 3.8) is 0 Å². The number of hydrogen-bond donors (Lipinski definition) is 1. The van der Waals surface area contributed by atoms with Crippen molar-refractivity contribution in [2.45, 2.75) is 26.4 Å². The molecule has 0 bridgehead atoms. The number of anilines is 1. The fourth-order valence-corrected chi connectivity index (χ4v) is 3.56. The highest BCUT2D eigenvalue weighted by Gasteiger charge is 2.30. The lowest BCUT2D eigenvalue weighted by Gasteiger charge is -2.09. The monoisotopic (exact) mass is 523 g/mol. The van der Waals surface area contributed by atoms with Crippen molar-refractivity contribution in [1.29, 1.82) is 0 Å². The number of halogens is 5. The van der Waals surface area contributed by atoms with Crippen LogP contribution in [0.4, 0.5) is 19.0 Å². The van der Waals surface area contributed by atoms with Gasteiger partial charge in [0.25, 0.3) is 5.91 Å². The minimum Gasteiger partial charge on any atom is -0.470 e. The summed E-state index contributed by atoms with van der Waals surface area (Å²) in [5.41, 5.74) is 0.485. The van der Waals surface area contributed by atoms with E-state index in [0.29, 0.717) is 22.0 Å². The second-order valence-electron chi connectivity index (χ2n) is 7.55. The molecule has 2 heterocycles. The van der Waals surface area contributed by atoms with Crippen LogP contribution in [0.15, 0.2) is 60.8 Å². The lowest BCUT2D eigenvalue weighted by Crippen LogP contribution is -2.15. The molecule has 35 heavy (non-hydrogen) atoms. The van der Waals surface area contributed by atoms with Crippen molar-refractivity contribution >= 4 is 34.9 Å². The van der Waals surface area contributed by atoms with Gasteiger partial charge in [-0.3, -0.25) is 9.48 Å². The highest BCUT2D eigenvalue weighted by molar-refractivity contribution is 6.42. The van der Waals surface area contributed by atoms with Gasteiger partial charge < -0.3 is 10.1 Å². The van der Waals surface area contributed by atoms with Crippen LogP contribution in [0.25, 0.3) is 0 Å². The van der Waals surface area contributed by atoms with Crippen LogP contribution in [0.5, 0.6) is 5.75 Å². The molecule has 0 aliphatic heterocycles. The lowest BCUT2D eigenvalue weighted by atomic mass is 10.1. The Morgan fingerprint density at radius 3 is 2.63 bits per heavy atom. The van der Waals surface area contributed by atoms with Gasteiger partial charge in [-0.1, -0.05) is 41.4 Å². The molecule has 2 aromatic heterocycles. The summed E-state index contributed by atoms with van der Waals surface area (Å²) in [6.45, 7) is 1.85. The Balaban J connectivity index is 1.39. The third kappa shape index (κ3) is 5.95. The molecular weight excluding hydrogens is 506 g/mol. The maximum atomic E-state index is 13.0. The van der Waals surface area contributed by atoms with Crippen LogP contribution in [0, 0.1) is 6.92 Å². The van der Waals surface area contributed by atoms with Gasteiger partial charge in [0, 0.05) is 18.0 Å². The maximum Gasteiger partial charge on any atom is 0.416 e. The first-order chi connectivity index (χ1) is 16.6. The number of nitrogens with zero attached hydrogens (tertiary/aromatic N) is 4. The largest absolute Gasteiger partial charge is 0.470 e. The molecular formula is C23H18Cl2F3N5O2. The molecule has 12 heteroatoms. The van der Waals surface area contributed by atoms with E-state index in [1.54, 1.807) is 43.5 Å². The van der Waals surface area contributed by atoms with Crippen molar-refractivity contribution in [3.8, 4) is 5.75 Å². The topological polar surface area (TPSA) is 74.0 Å². The van der Waals surface area contributed by atoms with Crippen LogP contribution < -0.4 is 10.1 Å². The second kappa shape index (κ2) is 10.0. The Morgan fingerprint density at radius 2 is 1.86 bits per heavy atom. The summed E-state index contributed by atoms with van der Waals surface area (Å²) < 4.78 is 47.4. The summed E-state index contributed by atoms with van der Waals surface area (Å²) in [7, 11) is 0. The lowest BCUT2D eigenvalue weighted by molar-refractivity contribution is -0.137. The van der Waals surface area contributed by atoms with Gasteiger partial charge in [-0.05, 0) is 42.8 Å². The Bertz CT molecular complexity index is 1370. The summed E-state index contributed by atoms with van der Waals surface area (Å²) in [5.74, 6) is 0.117. The smallest absolute Gasteiger partial charge is 0.416 e. The van der Waals surface area contributed by atoms with E-state index in [1.807, 2.05) is 0 Å². The standard InChI is InChI=1S/C23H18Cl2F3N5O2/c1-14-10-20(31-33(14)12-15-4-2-5-16(11-15)23(26,27)28)29-22(34)18-8-9-32(30-18)13-35-19-7-3-6-17(24)21(19)25/h2-11H,12-13H2,1H3,(H,29,31,34). The van der Waals surface area contributed by atoms with Gasteiger partial charge in [-0.2, -0.15) is 23.4 Å². The molecule has 2 aromatic carbocycles. The third-order valence-corrected chi connectivity index (χ3v) is 5.75. The fraction of sp³-hybridized carbons (Fsp3) is 0.174. The van der Waals surface area contributed by atoms with Crippen LogP contribution in [0.3, 0.4) is 0 Å². The van der Waals surface area contributed by atoms with Gasteiger partial charge >= 0.3 is 6.18 Å². The first-order valence-corrected chi connectivity index (χ1v) is 11.0. The van der Waals surface area contributed by atoms with Gasteiger partial charge in [0.15, 0.2) is 18.2 Å². The number of hydrogen-bond acceptors (Lipinski definition) is 4. The fourth-order valence-electron chi connectivity index (χ4n) is 3.22. The normalized spacial score (nSPS) is 11.5. The molecule has 0 aliphatic rings. The van der Waals surface area contributed by atoms with Gasteiger partial charge in [0.05, 0.1) is 17.1 Å². The van der Waals surface area contributed by atoms with E-state index in [1.165, 1.54) is 21.5 Å². The van der Waals surface area contributed by atoms with Gasteiger partial charge in [-0.15, -0.1) is 0 Å². The minimum atomic E-state index is -4.43. The molecule has 1 N–H and O–H groups in total. The predicted molar refractivity (Wildman–Crippen MR) is 125 cm³/mol. The number of benzene rings is 2. The average molecular weight is 524 g/mol. The molecule has 0 spiro atoms. The number of alkyl halides is 3. The van der Waals surface area contributed by atoms with Gasteiger partial charge in [0.1, 0.15) is 10.8 Å². The third-order valence-electron chi connectivity index (χ3n) is 4.95. The van der Waals surface area contributed by atoms with E-state index in [0.717, 1.165) is 12.1 Å². The first-order valence-electron chi connectivity index (χ1n) is 10.2. The SMILES string of the molecule is Cc1cc(NC(=O)c2ccn(COc3cccc(Cl)c3Cl)n2)nn1Cc1cccc(C(F)(F)F)c1. The number of aryl methyl sites for hydroxylation is 1. The quantitative estimate of drug-likeness (QED) is 0.320. The van der Waals surface area contributed by atoms with Crippen molar-refractivity contribution in [2.75, 3.05) is 5.32 Å². The van der Waals surface area contributed by atoms with Crippen LogP contribution >= 0.6 is 23.2 Å². The molecule has 0 fully saturated rings. The Hall–Kier alpha value is -3.50. The highest BCUT2D eigenvalue weighted by atomic mass is 35.5. The number of nitrogens with one attached hydrogen (secondary N) is 1. The molecule has 1 amide bonds. The molecule has 4 aromatic rings. The summed E-state index contributed by atoms with van der Waals surface area (Å²) in [6, 6.07) is 13.1. The number of aromatic nitrogens is 4. The zero-order chi connectivity index (χ0) is 25.2. The molecule has 0 atom stereocenters. The van der Waals surface area contributed by atoms with Gasteiger partial charge in [0.2, 0.25) is 0 Å². The van der Waals surface area contributed by atoms with Crippen molar-refractivity contribution in [3.05, 3.63) is 93.4 Å². The molecule has 0 saturated carbocycles. The van der Waals surface area contributed by atoms with Crippen LogP contribution in [-0.2, 0) is 19.5 Å². The molecule has 0 unspecified atom stereocenters. The van der Waals surface area contributed by atoms with E-state index in [2.05, 4.69) is 15.5 Å². The molecule has 0 aliphatic carbocycles. The number of amides is 1. The van der Waals surface area contributed by atoms with E-state index >= 15 is 0 Å². The molecule has 7 nitrogen and oxygen atoms in total. The Morgan fingerprint density at radius 1 is 1.09 bits per heavy atom. The number of carbonyl (C=O) groups excluding carboxylic acids is 1. The molecule has 0 saturated heterocycles. The van der Waals surface area contributed by atoms with Crippen molar-refractivity contribution in [1.82, 2.24) is 19.6 Å². The summed E-state index contributed by atoms with van der Waals surface area (Å²) in [5, 5.41) is 11.7. The van der Waals surface area contributed by atoms with Gasteiger partial charge in [-0.25, -0.2) is 4.68 Å². The number of ether oxygens (including phenoxy) is 1. The van der Waals surface area contributed by atoms with E-state index in [9.17, 15) is 18.0 Å². The van der Waals surface area contributed by atoms with Crippen LogP contribution in [-0.4, -0.2) is 25.5 Å². The Labute approximate surface area is 208 Å². The number of rotatable bonds is 7. The summed E-state index contributed by atoms with van der Waals surface area (Å²) in [4.78, 5) is 12.6. The predicted octanol–water partition coefficient (Wildman–Crippen LogP) is 6.05. The van der Waals surface area contributed by atoms with Crippen molar-refractivity contribution in [2.24, 2.45) is 0 Å². The van der Waals surface area contributed by atoms with E-state index in [4.69, 9.17) is 27.9 Å². The average Bonchev–Trinajstić information content (AvgIpc) is 3.41. The molecule has 182 valence electrons. The van der Waals surface area contributed by atoms with E-state index < -0.39 is 17.6 Å². The van der Waals surface area contributed by atoms with Crippen molar-refractivity contribution < 1.29 is 22.7 Å². The van der Waals surface area contributed by atoms with Crippen LogP contribution in [0.1, 0.15) is 27.3 Å². The summed E-state index contributed by atoms with van der Waals surface area (Å²) in [6.07, 6.45) is -2.87. The number of carbonyl (C=O) groups is 1. The molecule has 0 radical (unpaired) electrons. The first kappa shape index (κ1) is 24.6. The zero-order valence-corrected chi connectivity index (χ0v) is 19.7. The molecule has 4 rings (SSSR count). The zero-order valence-electron chi connectivity index (χ0n) is 18.2. The van der Waals surface area contributed by atoms with E-state index in [-0.39, 0.29) is 29.8 Å². The Kier molecular flexibility index (Phi) is 7.04. The summed E-state index contributed by atoms with van der Waals surface area (Å²) >= 11 is 12.1.